The van der Waals surface area contributed by atoms with Crippen LogP contribution in [0.25, 0.3) is 16.9 Å². The highest BCUT2D eigenvalue weighted by atomic mass is 35.5. The number of ether oxygens (including phenoxy) is 2. The van der Waals surface area contributed by atoms with Crippen molar-refractivity contribution in [2.75, 3.05) is 19.5 Å². The minimum absolute atomic E-state index is 0.288. The predicted molar refractivity (Wildman–Crippen MR) is 122 cm³/mol. The van der Waals surface area contributed by atoms with Crippen LogP contribution in [0.15, 0.2) is 54.0 Å². The van der Waals surface area contributed by atoms with E-state index in [9.17, 15) is 4.79 Å². The van der Waals surface area contributed by atoms with Crippen molar-refractivity contribution in [3.05, 3.63) is 70.3 Å². The number of nitrogens with one attached hydrogen (secondary N) is 1. The van der Waals surface area contributed by atoms with E-state index in [1.54, 1.807) is 31.0 Å². The Bertz CT molecular complexity index is 1250. The number of carbonyl (C=O) groups excluding carboxylic acids is 1. The van der Waals surface area contributed by atoms with E-state index in [0.29, 0.717) is 38.6 Å². The Morgan fingerprint density at radius 2 is 2.00 bits per heavy atom. The second-order valence-electron chi connectivity index (χ2n) is 6.59. The van der Waals surface area contributed by atoms with Gasteiger partial charge < -0.3 is 9.47 Å². The molecule has 0 aliphatic heterocycles. The fraction of sp³-hybridized carbons (Fsp3) is 0.136. The lowest BCUT2D eigenvalue weighted by Crippen LogP contribution is -2.13. The number of aromatic nitrogens is 3. The van der Waals surface area contributed by atoms with E-state index in [4.69, 9.17) is 21.1 Å². The number of nitrogens with zero attached hydrogens (tertiary/aromatic N) is 3. The molecule has 2 aromatic heterocycles. The maximum Gasteiger partial charge on any atom is 0.260 e. The second-order valence-corrected chi connectivity index (χ2v) is 7.89. The molecule has 0 bridgehead atoms. The Kier molecular flexibility index (Phi) is 5.92. The van der Waals surface area contributed by atoms with Gasteiger partial charge in [-0.15, -0.1) is 11.3 Å². The number of methoxy groups -OCH3 is 2. The number of benzene rings is 2. The summed E-state index contributed by atoms with van der Waals surface area (Å²) >= 11 is 7.40. The minimum Gasteiger partial charge on any atom is -0.497 e. The minimum atomic E-state index is -0.288. The Hall–Kier alpha value is -3.36. The molecule has 158 valence electrons. The van der Waals surface area contributed by atoms with Gasteiger partial charge in [0.05, 0.1) is 43.1 Å². The monoisotopic (exact) mass is 454 g/mol. The summed E-state index contributed by atoms with van der Waals surface area (Å²) in [4.78, 5) is 17.4. The lowest BCUT2D eigenvalue weighted by molar-refractivity contribution is 0.102. The summed E-state index contributed by atoms with van der Waals surface area (Å²) in [6, 6.07) is 12.8. The molecule has 0 atom stereocenters. The summed E-state index contributed by atoms with van der Waals surface area (Å²) < 4.78 is 12.4. The summed E-state index contributed by atoms with van der Waals surface area (Å²) in [6.45, 7) is 1.83. The Morgan fingerprint density at radius 1 is 1.16 bits per heavy atom. The smallest absolute Gasteiger partial charge is 0.260 e. The maximum absolute atomic E-state index is 12.8. The molecule has 0 saturated carbocycles. The molecule has 0 aliphatic carbocycles. The Balaban J connectivity index is 1.57. The SMILES string of the molecule is COc1ccc(OC)c(-c2csc(NC(=O)c3cnn(-c4cccc(Cl)c4)c3C)n2)c1. The van der Waals surface area contributed by atoms with E-state index in [2.05, 4.69) is 15.4 Å². The van der Waals surface area contributed by atoms with Gasteiger partial charge in [0.2, 0.25) is 0 Å². The number of anilines is 1. The maximum atomic E-state index is 12.8. The van der Waals surface area contributed by atoms with Gasteiger partial charge in [-0.3, -0.25) is 10.1 Å². The van der Waals surface area contributed by atoms with Crippen LogP contribution < -0.4 is 14.8 Å². The summed E-state index contributed by atoms with van der Waals surface area (Å²) in [5.41, 5.74) is 3.40. The molecule has 9 heteroatoms. The first kappa shape index (κ1) is 20.9. The molecule has 0 saturated heterocycles. The van der Waals surface area contributed by atoms with Crippen molar-refractivity contribution in [2.24, 2.45) is 0 Å². The highest BCUT2D eigenvalue weighted by Crippen LogP contribution is 2.35. The van der Waals surface area contributed by atoms with Gasteiger partial charge in [-0.05, 0) is 43.3 Å². The van der Waals surface area contributed by atoms with E-state index >= 15 is 0 Å². The van der Waals surface area contributed by atoms with Crippen LogP contribution in [0.3, 0.4) is 0 Å². The predicted octanol–water partition coefficient (Wildman–Crippen LogP) is 5.23. The molecule has 0 fully saturated rings. The molecule has 0 spiro atoms. The molecule has 1 N–H and O–H groups in total. The van der Waals surface area contributed by atoms with Crippen LogP contribution in [0, 0.1) is 6.92 Å². The number of thiazole rings is 1. The number of carbonyl (C=O) groups is 1. The molecular formula is C22H19ClN4O3S. The lowest BCUT2D eigenvalue weighted by Gasteiger charge is -2.08. The molecule has 2 heterocycles. The standard InChI is InChI=1S/C22H19ClN4O3S/c1-13-18(11-24-27(13)15-6-4-5-14(23)9-15)21(28)26-22-25-19(12-31-22)17-10-16(29-2)7-8-20(17)30-3/h4-12H,1-3H3,(H,25,26,28). The number of halogens is 1. The van der Waals surface area contributed by atoms with Crippen LogP contribution >= 0.6 is 22.9 Å². The van der Waals surface area contributed by atoms with Gasteiger partial charge in [-0.2, -0.15) is 5.10 Å². The number of amides is 1. The summed E-state index contributed by atoms with van der Waals surface area (Å²) in [7, 11) is 3.20. The molecular weight excluding hydrogens is 436 g/mol. The van der Waals surface area contributed by atoms with Gasteiger partial charge in [-0.1, -0.05) is 17.7 Å². The zero-order valence-electron chi connectivity index (χ0n) is 17.0. The first-order chi connectivity index (χ1) is 15.0. The molecule has 0 radical (unpaired) electrons. The average Bonchev–Trinajstić information content (AvgIpc) is 3.39. The van der Waals surface area contributed by atoms with Crippen molar-refractivity contribution in [1.29, 1.82) is 0 Å². The van der Waals surface area contributed by atoms with Crippen molar-refractivity contribution in [1.82, 2.24) is 14.8 Å². The van der Waals surface area contributed by atoms with Crippen LogP contribution in [-0.4, -0.2) is 34.9 Å². The largest absolute Gasteiger partial charge is 0.497 e. The van der Waals surface area contributed by atoms with Crippen molar-refractivity contribution >= 4 is 34.0 Å². The van der Waals surface area contributed by atoms with Crippen molar-refractivity contribution in [2.45, 2.75) is 6.92 Å². The molecule has 1 amide bonds. The zero-order chi connectivity index (χ0) is 22.0. The second kappa shape index (κ2) is 8.79. The van der Waals surface area contributed by atoms with Gasteiger partial charge in [0, 0.05) is 16.0 Å². The number of hydrogen-bond donors (Lipinski definition) is 1. The third-order valence-electron chi connectivity index (χ3n) is 4.71. The quantitative estimate of drug-likeness (QED) is 0.431. The summed E-state index contributed by atoms with van der Waals surface area (Å²) in [5.74, 6) is 1.07. The van der Waals surface area contributed by atoms with Crippen LogP contribution in [0.4, 0.5) is 5.13 Å². The molecule has 0 unspecified atom stereocenters. The van der Waals surface area contributed by atoms with Crippen LogP contribution in [0.1, 0.15) is 16.1 Å². The number of rotatable bonds is 6. The lowest BCUT2D eigenvalue weighted by atomic mass is 10.1. The molecule has 2 aromatic carbocycles. The third-order valence-corrected chi connectivity index (χ3v) is 5.71. The van der Waals surface area contributed by atoms with Crippen molar-refractivity contribution < 1.29 is 14.3 Å². The highest BCUT2D eigenvalue weighted by Gasteiger charge is 2.18. The summed E-state index contributed by atoms with van der Waals surface area (Å²) in [5, 5.41) is 10.1. The van der Waals surface area contributed by atoms with Gasteiger partial charge in [0.1, 0.15) is 11.5 Å². The first-order valence-electron chi connectivity index (χ1n) is 9.30. The Morgan fingerprint density at radius 3 is 2.74 bits per heavy atom. The van der Waals surface area contributed by atoms with Gasteiger partial charge in [-0.25, -0.2) is 9.67 Å². The molecule has 4 aromatic rings. The Labute approximate surface area is 188 Å². The zero-order valence-corrected chi connectivity index (χ0v) is 18.6. The van der Waals surface area contributed by atoms with E-state index in [1.807, 2.05) is 42.6 Å². The first-order valence-corrected chi connectivity index (χ1v) is 10.6. The topological polar surface area (TPSA) is 78.3 Å². The average molecular weight is 455 g/mol. The third kappa shape index (κ3) is 4.26. The fourth-order valence-corrected chi connectivity index (χ4v) is 4.02. The molecule has 4 rings (SSSR count). The van der Waals surface area contributed by atoms with Gasteiger partial charge in [0.15, 0.2) is 5.13 Å². The van der Waals surface area contributed by atoms with Crippen LogP contribution in [0.5, 0.6) is 11.5 Å². The summed E-state index contributed by atoms with van der Waals surface area (Å²) in [6.07, 6.45) is 1.53. The van der Waals surface area contributed by atoms with Crippen molar-refractivity contribution in [3.63, 3.8) is 0 Å². The van der Waals surface area contributed by atoms with E-state index in [0.717, 1.165) is 11.3 Å². The van der Waals surface area contributed by atoms with Gasteiger partial charge >= 0.3 is 0 Å². The molecule has 7 nitrogen and oxygen atoms in total. The van der Waals surface area contributed by atoms with Crippen LogP contribution in [-0.2, 0) is 0 Å². The van der Waals surface area contributed by atoms with E-state index in [1.165, 1.54) is 17.5 Å². The molecule has 0 aliphatic rings. The highest BCUT2D eigenvalue weighted by molar-refractivity contribution is 7.14. The molecule has 31 heavy (non-hydrogen) atoms. The fourth-order valence-electron chi connectivity index (χ4n) is 3.13. The van der Waals surface area contributed by atoms with E-state index < -0.39 is 0 Å². The van der Waals surface area contributed by atoms with Crippen LogP contribution in [0.2, 0.25) is 5.02 Å². The number of hydrogen-bond acceptors (Lipinski definition) is 6. The normalized spacial score (nSPS) is 10.7. The van der Waals surface area contributed by atoms with Gasteiger partial charge in [0.25, 0.3) is 5.91 Å². The van der Waals surface area contributed by atoms with E-state index in [-0.39, 0.29) is 5.91 Å². The van der Waals surface area contributed by atoms with Crippen molar-refractivity contribution in [3.8, 4) is 28.4 Å².